The van der Waals surface area contributed by atoms with Gasteiger partial charge >= 0.3 is 0 Å². The molecule has 10 heteroatoms. The summed E-state index contributed by atoms with van der Waals surface area (Å²) in [6.07, 6.45) is 8.03. The molecule has 0 saturated carbocycles. The molecule has 4 atom stereocenters. The van der Waals surface area contributed by atoms with Crippen LogP contribution in [0.2, 0.25) is 0 Å². The average Bonchev–Trinajstić information content (AvgIpc) is 2.93. The van der Waals surface area contributed by atoms with Gasteiger partial charge in [-0.15, -0.1) is 0 Å². The molecule has 37 heavy (non-hydrogen) atoms. The number of hydrogen-bond donors (Lipinski definition) is 4. The third kappa shape index (κ3) is 9.29. The van der Waals surface area contributed by atoms with Crippen molar-refractivity contribution in [2.45, 2.75) is 59.0 Å². The van der Waals surface area contributed by atoms with Crippen LogP contribution in [-0.4, -0.2) is 58.8 Å². The molecule has 0 aliphatic heterocycles. The lowest BCUT2D eigenvalue weighted by Gasteiger charge is -2.24. The van der Waals surface area contributed by atoms with Crippen LogP contribution in [0.25, 0.3) is 0 Å². The molecule has 4 N–H and O–H groups in total. The number of rotatable bonds is 14. The first kappa shape index (κ1) is 29.4. The predicted molar refractivity (Wildman–Crippen MR) is 141 cm³/mol. The monoisotopic (exact) mass is 510 g/mol. The van der Waals surface area contributed by atoms with Crippen molar-refractivity contribution in [1.29, 1.82) is 0 Å². The van der Waals surface area contributed by atoms with E-state index in [9.17, 15) is 19.2 Å². The van der Waals surface area contributed by atoms with Gasteiger partial charge in [-0.05, 0) is 42.5 Å². The Morgan fingerprint density at radius 3 is 1.35 bits per heavy atom. The van der Waals surface area contributed by atoms with Crippen molar-refractivity contribution in [1.82, 2.24) is 31.2 Å². The summed E-state index contributed by atoms with van der Waals surface area (Å²) < 4.78 is 0. The normalized spacial score (nSPS) is 13.9. The summed E-state index contributed by atoms with van der Waals surface area (Å²) in [7, 11) is 0. The number of carbonyl (C=O) groups is 4. The molecule has 2 aromatic heterocycles. The van der Waals surface area contributed by atoms with Gasteiger partial charge in [0.25, 0.3) is 11.8 Å². The molecule has 0 fully saturated rings. The summed E-state index contributed by atoms with van der Waals surface area (Å²) in [5.41, 5.74) is 0.872. The number of nitrogens with one attached hydrogen (secondary N) is 4. The van der Waals surface area contributed by atoms with Gasteiger partial charge in [-0.3, -0.25) is 29.1 Å². The van der Waals surface area contributed by atoms with Crippen LogP contribution in [0.15, 0.2) is 49.1 Å². The molecule has 0 bridgehead atoms. The van der Waals surface area contributed by atoms with E-state index in [1.165, 1.54) is 24.8 Å². The van der Waals surface area contributed by atoms with Crippen molar-refractivity contribution in [3.63, 3.8) is 0 Å². The van der Waals surface area contributed by atoms with E-state index in [0.717, 1.165) is 0 Å². The van der Waals surface area contributed by atoms with Crippen LogP contribution >= 0.6 is 0 Å². The van der Waals surface area contributed by atoms with Gasteiger partial charge in [0.05, 0.1) is 0 Å². The first-order valence-corrected chi connectivity index (χ1v) is 12.8. The fourth-order valence-electron chi connectivity index (χ4n) is 3.59. The van der Waals surface area contributed by atoms with Gasteiger partial charge in [-0.2, -0.15) is 0 Å². The molecule has 2 rings (SSSR count). The second-order valence-electron chi connectivity index (χ2n) is 9.08. The van der Waals surface area contributed by atoms with Crippen molar-refractivity contribution in [2.75, 3.05) is 13.1 Å². The highest BCUT2D eigenvalue weighted by molar-refractivity contribution is 5.98. The van der Waals surface area contributed by atoms with E-state index in [2.05, 4.69) is 31.2 Å². The first-order chi connectivity index (χ1) is 17.8. The third-order valence-electron chi connectivity index (χ3n) is 6.40. The number of pyridine rings is 2. The van der Waals surface area contributed by atoms with E-state index in [1.807, 2.05) is 27.7 Å². The Kier molecular flexibility index (Phi) is 12.2. The Labute approximate surface area is 218 Å². The Bertz CT molecular complexity index is 937. The summed E-state index contributed by atoms with van der Waals surface area (Å²) in [6, 6.07) is 5.01. The van der Waals surface area contributed by atoms with Gasteiger partial charge in [0.2, 0.25) is 11.8 Å². The molecule has 2 aromatic rings. The SMILES string of the molecule is CCC(C)[C@H](NC(=O)c1ccncc1)C(=O)NCCCNC(=O)[C@@H](NC(=O)c1ccncc1)C(C)CC. The summed E-state index contributed by atoms with van der Waals surface area (Å²) >= 11 is 0. The van der Waals surface area contributed by atoms with Crippen LogP contribution in [0, 0.1) is 11.8 Å². The van der Waals surface area contributed by atoms with Crippen LogP contribution in [0.4, 0.5) is 0 Å². The van der Waals surface area contributed by atoms with Gasteiger partial charge < -0.3 is 21.3 Å². The summed E-state index contributed by atoms with van der Waals surface area (Å²) in [5, 5.41) is 11.3. The topological polar surface area (TPSA) is 142 Å². The Morgan fingerprint density at radius 2 is 1.03 bits per heavy atom. The first-order valence-electron chi connectivity index (χ1n) is 12.8. The van der Waals surface area contributed by atoms with Crippen LogP contribution < -0.4 is 21.3 Å². The zero-order chi connectivity index (χ0) is 27.2. The maximum atomic E-state index is 12.8. The smallest absolute Gasteiger partial charge is 0.252 e. The second-order valence-corrected chi connectivity index (χ2v) is 9.08. The lowest BCUT2D eigenvalue weighted by Crippen LogP contribution is -2.51. The molecule has 0 aliphatic rings. The van der Waals surface area contributed by atoms with E-state index in [-0.39, 0.29) is 35.5 Å². The van der Waals surface area contributed by atoms with Gasteiger partial charge in [0.1, 0.15) is 12.1 Å². The van der Waals surface area contributed by atoms with Crippen LogP contribution in [-0.2, 0) is 9.59 Å². The molecule has 0 saturated heterocycles. The number of carbonyl (C=O) groups excluding carboxylic acids is 4. The number of hydrogen-bond acceptors (Lipinski definition) is 6. The maximum Gasteiger partial charge on any atom is 0.252 e. The van der Waals surface area contributed by atoms with Crippen molar-refractivity contribution in [2.24, 2.45) is 11.8 Å². The third-order valence-corrected chi connectivity index (χ3v) is 6.40. The Morgan fingerprint density at radius 1 is 0.676 bits per heavy atom. The standard InChI is InChI=1S/C27H38N6O4/c1-5-18(3)22(32-24(34)20-8-14-28-15-9-20)26(36)30-12-7-13-31-27(37)23(19(4)6-2)33-25(35)21-10-16-29-17-11-21/h8-11,14-19,22-23H,5-7,12-13H2,1-4H3,(H,30,36)(H,31,37)(H,32,34)(H,33,35)/t18?,19?,22-,23-/m0/s1. The summed E-state index contributed by atoms with van der Waals surface area (Å²) in [4.78, 5) is 58.5. The van der Waals surface area contributed by atoms with Gasteiger partial charge in [0.15, 0.2) is 0 Å². The minimum absolute atomic E-state index is 0.0641. The minimum Gasteiger partial charge on any atom is -0.354 e. The fraction of sp³-hybridized carbons (Fsp3) is 0.481. The second kappa shape index (κ2) is 15.3. The predicted octanol–water partition coefficient (Wildman–Crippen LogP) is 2.09. The molecule has 0 radical (unpaired) electrons. The lowest BCUT2D eigenvalue weighted by molar-refractivity contribution is -0.124. The van der Waals surface area contributed by atoms with E-state index in [0.29, 0.717) is 43.5 Å². The molecule has 2 unspecified atom stereocenters. The highest BCUT2D eigenvalue weighted by atomic mass is 16.2. The number of amides is 4. The molecule has 4 amide bonds. The highest BCUT2D eigenvalue weighted by Gasteiger charge is 2.27. The van der Waals surface area contributed by atoms with Crippen LogP contribution in [0.3, 0.4) is 0 Å². The van der Waals surface area contributed by atoms with E-state index in [1.54, 1.807) is 24.3 Å². The van der Waals surface area contributed by atoms with Crippen molar-refractivity contribution in [3.8, 4) is 0 Å². The molecule has 10 nitrogen and oxygen atoms in total. The average molecular weight is 511 g/mol. The molecular formula is C27H38N6O4. The van der Waals surface area contributed by atoms with E-state index in [4.69, 9.17) is 0 Å². The van der Waals surface area contributed by atoms with Crippen LogP contribution in [0.1, 0.15) is 67.7 Å². The molecule has 0 aromatic carbocycles. The van der Waals surface area contributed by atoms with Crippen molar-refractivity contribution < 1.29 is 19.2 Å². The molecule has 200 valence electrons. The van der Waals surface area contributed by atoms with E-state index < -0.39 is 12.1 Å². The molecule has 0 spiro atoms. The number of aromatic nitrogens is 2. The maximum absolute atomic E-state index is 12.8. The van der Waals surface area contributed by atoms with Crippen molar-refractivity contribution in [3.05, 3.63) is 60.2 Å². The lowest BCUT2D eigenvalue weighted by atomic mass is 9.97. The highest BCUT2D eigenvalue weighted by Crippen LogP contribution is 2.11. The fourth-order valence-corrected chi connectivity index (χ4v) is 3.59. The minimum atomic E-state index is -0.682. The van der Waals surface area contributed by atoms with E-state index >= 15 is 0 Å². The molecule has 0 aliphatic carbocycles. The van der Waals surface area contributed by atoms with Crippen LogP contribution in [0.5, 0.6) is 0 Å². The zero-order valence-corrected chi connectivity index (χ0v) is 22.0. The quantitative estimate of drug-likeness (QED) is 0.287. The van der Waals surface area contributed by atoms with Gasteiger partial charge in [0, 0.05) is 49.0 Å². The summed E-state index contributed by atoms with van der Waals surface area (Å²) in [6.45, 7) is 8.39. The van der Waals surface area contributed by atoms with Gasteiger partial charge in [-0.1, -0.05) is 40.5 Å². The zero-order valence-electron chi connectivity index (χ0n) is 22.0. The summed E-state index contributed by atoms with van der Waals surface area (Å²) in [5.74, 6) is -1.34. The Hall–Kier alpha value is -3.82. The van der Waals surface area contributed by atoms with Crippen molar-refractivity contribution >= 4 is 23.6 Å². The largest absolute Gasteiger partial charge is 0.354 e. The molecular weight excluding hydrogens is 472 g/mol. The molecule has 2 heterocycles. The number of nitrogens with zero attached hydrogens (tertiary/aromatic N) is 2. The Balaban J connectivity index is 1.84. The van der Waals surface area contributed by atoms with Gasteiger partial charge in [-0.25, -0.2) is 0 Å².